The maximum atomic E-state index is 11.7. The lowest BCUT2D eigenvalue weighted by molar-refractivity contribution is 0.335. The largest absolute Gasteiger partial charge is 0.317 e. The van der Waals surface area contributed by atoms with Gasteiger partial charge in [0.05, 0.1) is 6.04 Å². The van der Waals surface area contributed by atoms with Crippen LogP contribution in [-0.4, -0.2) is 22.9 Å². The maximum Gasteiger partial charge on any atom is 0.266 e. The van der Waals surface area contributed by atoms with Crippen molar-refractivity contribution >= 4 is 0 Å². The van der Waals surface area contributed by atoms with Crippen LogP contribution in [0.2, 0.25) is 0 Å². The Kier molecular flexibility index (Phi) is 3.26. The fraction of sp³-hybridized carbons (Fsp3) is 0.727. The van der Waals surface area contributed by atoms with Crippen molar-refractivity contribution in [2.75, 3.05) is 13.1 Å². The first-order valence-electron chi connectivity index (χ1n) is 5.82. The second-order valence-corrected chi connectivity index (χ2v) is 4.22. The van der Waals surface area contributed by atoms with E-state index in [0.717, 1.165) is 44.5 Å². The molecule has 0 aromatic carbocycles. The first-order chi connectivity index (χ1) is 7.31. The van der Waals surface area contributed by atoms with Crippen LogP contribution < -0.4 is 10.9 Å². The van der Waals surface area contributed by atoms with E-state index >= 15 is 0 Å². The molecule has 1 saturated heterocycles. The van der Waals surface area contributed by atoms with Gasteiger partial charge in [0.1, 0.15) is 0 Å². The second-order valence-electron chi connectivity index (χ2n) is 4.22. The minimum absolute atomic E-state index is 0.130. The summed E-state index contributed by atoms with van der Waals surface area (Å²) in [5.41, 5.74) is 1.20. The Hall–Kier alpha value is -1.03. The number of aromatic amines is 1. The van der Waals surface area contributed by atoms with Gasteiger partial charge in [-0.3, -0.25) is 9.89 Å². The van der Waals surface area contributed by atoms with Crippen LogP contribution in [0.4, 0.5) is 0 Å². The summed E-state index contributed by atoms with van der Waals surface area (Å²) < 4.78 is 1.81. The van der Waals surface area contributed by atoms with Gasteiger partial charge in [-0.15, -0.1) is 0 Å². The van der Waals surface area contributed by atoms with Crippen molar-refractivity contribution in [3.8, 4) is 0 Å². The summed E-state index contributed by atoms with van der Waals surface area (Å²) in [4.78, 5) is 11.7. The predicted molar refractivity (Wildman–Crippen MR) is 60.2 cm³/mol. The van der Waals surface area contributed by atoms with E-state index in [1.807, 2.05) is 4.68 Å². The minimum atomic E-state index is 0.130. The number of nitrogens with zero attached hydrogens (tertiary/aromatic N) is 1. The topological polar surface area (TPSA) is 49.8 Å². The van der Waals surface area contributed by atoms with Crippen molar-refractivity contribution in [2.45, 2.75) is 38.6 Å². The molecule has 0 amide bonds. The number of aromatic nitrogens is 2. The first kappa shape index (κ1) is 10.5. The minimum Gasteiger partial charge on any atom is -0.317 e. The molecule has 0 aliphatic carbocycles. The highest BCUT2D eigenvalue weighted by molar-refractivity contribution is 5.00. The van der Waals surface area contributed by atoms with E-state index in [0.29, 0.717) is 6.04 Å². The van der Waals surface area contributed by atoms with Crippen molar-refractivity contribution in [3.05, 3.63) is 22.1 Å². The Bertz CT molecular complexity index is 360. The summed E-state index contributed by atoms with van der Waals surface area (Å²) in [7, 11) is 0. The van der Waals surface area contributed by atoms with Crippen LogP contribution in [0, 0.1) is 0 Å². The zero-order valence-corrected chi connectivity index (χ0v) is 9.25. The van der Waals surface area contributed by atoms with Gasteiger partial charge in [0.15, 0.2) is 0 Å². The van der Waals surface area contributed by atoms with Crippen molar-refractivity contribution in [3.63, 3.8) is 0 Å². The highest BCUT2D eigenvalue weighted by atomic mass is 16.1. The first-order valence-corrected chi connectivity index (χ1v) is 5.82. The molecular weight excluding hydrogens is 190 g/mol. The van der Waals surface area contributed by atoms with Crippen molar-refractivity contribution in [1.29, 1.82) is 0 Å². The molecule has 2 rings (SSSR count). The maximum absolute atomic E-state index is 11.7. The quantitative estimate of drug-likeness (QED) is 0.782. The van der Waals surface area contributed by atoms with Crippen LogP contribution in [0.1, 0.15) is 37.9 Å². The Morgan fingerprint density at radius 3 is 2.87 bits per heavy atom. The Balaban J connectivity index is 2.15. The summed E-state index contributed by atoms with van der Waals surface area (Å²) in [6, 6.07) is 2.11. The van der Waals surface area contributed by atoms with Crippen LogP contribution in [-0.2, 0) is 6.42 Å². The molecule has 0 spiro atoms. The zero-order chi connectivity index (χ0) is 10.7. The highest BCUT2D eigenvalue weighted by Crippen LogP contribution is 2.15. The van der Waals surface area contributed by atoms with Gasteiger partial charge in [0.25, 0.3) is 5.56 Å². The average molecular weight is 209 g/mol. The van der Waals surface area contributed by atoms with Crippen LogP contribution in [0.15, 0.2) is 10.9 Å². The molecule has 1 fully saturated rings. The van der Waals surface area contributed by atoms with Gasteiger partial charge in [0, 0.05) is 11.8 Å². The lowest BCUT2D eigenvalue weighted by atomic mass is 10.1. The lowest BCUT2D eigenvalue weighted by Gasteiger charge is -2.22. The van der Waals surface area contributed by atoms with E-state index in [4.69, 9.17) is 0 Å². The summed E-state index contributed by atoms with van der Waals surface area (Å²) in [6.45, 7) is 4.15. The summed E-state index contributed by atoms with van der Waals surface area (Å²) in [5.74, 6) is 0. The molecule has 2 N–H and O–H groups in total. The van der Waals surface area contributed by atoms with E-state index in [2.05, 4.69) is 17.3 Å². The summed E-state index contributed by atoms with van der Waals surface area (Å²) in [6.07, 6.45) is 4.14. The van der Waals surface area contributed by atoms with E-state index in [1.54, 1.807) is 6.07 Å². The molecule has 1 aliphatic rings. The third kappa shape index (κ3) is 2.31. The van der Waals surface area contributed by atoms with Gasteiger partial charge >= 0.3 is 0 Å². The number of nitrogens with one attached hydrogen (secondary N) is 2. The fourth-order valence-electron chi connectivity index (χ4n) is 2.19. The highest BCUT2D eigenvalue weighted by Gasteiger charge is 2.17. The molecule has 2 heterocycles. The van der Waals surface area contributed by atoms with Crippen molar-refractivity contribution < 1.29 is 0 Å². The zero-order valence-electron chi connectivity index (χ0n) is 9.25. The van der Waals surface area contributed by atoms with Crippen LogP contribution in [0.3, 0.4) is 0 Å². The molecule has 4 nitrogen and oxygen atoms in total. The molecule has 1 aliphatic heterocycles. The van der Waals surface area contributed by atoms with E-state index < -0.39 is 0 Å². The smallest absolute Gasteiger partial charge is 0.266 e. The predicted octanol–water partition coefficient (Wildman–Crippen LogP) is 1.05. The third-order valence-electron chi connectivity index (χ3n) is 2.99. The number of rotatable bonds is 3. The summed E-state index contributed by atoms with van der Waals surface area (Å²) >= 11 is 0. The molecule has 1 aromatic rings. The molecule has 15 heavy (non-hydrogen) atoms. The van der Waals surface area contributed by atoms with E-state index in [9.17, 15) is 4.79 Å². The third-order valence-corrected chi connectivity index (χ3v) is 2.99. The van der Waals surface area contributed by atoms with E-state index in [-0.39, 0.29) is 5.56 Å². The molecule has 1 aromatic heterocycles. The van der Waals surface area contributed by atoms with E-state index in [1.165, 1.54) is 0 Å². The van der Waals surface area contributed by atoms with Crippen LogP contribution in [0.25, 0.3) is 0 Å². The monoisotopic (exact) mass is 209 g/mol. The van der Waals surface area contributed by atoms with Gasteiger partial charge in [-0.25, -0.2) is 4.68 Å². The fourth-order valence-corrected chi connectivity index (χ4v) is 2.19. The van der Waals surface area contributed by atoms with Gasteiger partial charge in [-0.05, 0) is 32.4 Å². The van der Waals surface area contributed by atoms with Crippen LogP contribution in [0.5, 0.6) is 0 Å². The molecule has 0 unspecified atom stereocenters. The second kappa shape index (κ2) is 4.66. The molecular formula is C11H19N3O. The Morgan fingerprint density at radius 1 is 1.47 bits per heavy atom. The number of hydrogen-bond acceptors (Lipinski definition) is 2. The van der Waals surface area contributed by atoms with Crippen molar-refractivity contribution in [2.24, 2.45) is 0 Å². The van der Waals surface area contributed by atoms with Crippen molar-refractivity contribution in [1.82, 2.24) is 15.1 Å². The molecule has 0 bridgehead atoms. The average Bonchev–Trinajstić information content (AvgIpc) is 2.61. The molecule has 4 heteroatoms. The molecule has 0 saturated carbocycles. The van der Waals surface area contributed by atoms with Crippen LogP contribution >= 0.6 is 0 Å². The molecule has 0 atom stereocenters. The standard InChI is InChI=1S/C11H19N3O/c1-2-3-9-8-11(15)14(13-9)10-4-6-12-7-5-10/h8,10,12-13H,2-7H2,1H3. The Morgan fingerprint density at radius 2 is 2.20 bits per heavy atom. The Labute approximate surface area is 89.7 Å². The number of hydrogen-bond donors (Lipinski definition) is 2. The van der Waals surface area contributed by atoms with Gasteiger partial charge < -0.3 is 5.32 Å². The SMILES string of the molecule is CCCc1cc(=O)n(C2CCNCC2)[nH]1. The molecule has 84 valence electrons. The number of H-pyrrole nitrogens is 1. The normalized spacial score (nSPS) is 18.2. The number of aryl methyl sites for hydroxylation is 1. The lowest BCUT2D eigenvalue weighted by Crippen LogP contribution is -2.33. The summed E-state index contributed by atoms with van der Waals surface area (Å²) in [5, 5.41) is 6.54. The van der Waals surface area contributed by atoms with Gasteiger partial charge in [-0.1, -0.05) is 13.3 Å². The van der Waals surface area contributed by atoms with Gasteiger partial charge in [-0.2, -0.15) is 0 Å². The van der Waals surface area contributed by atoms with Gasteiger partial charge in [0.2, 0.25) is 0 Å². The number of piperidine rings is 1. The molecule has 0 radical (unpaired) electrons.